The Labute approximate surface area is 182 Å². The smallest absolute Gasteiger partial charge is 0.336 e. The molecular weight excluding hydrogens is 428 g/mol. The van der Waals surface area contributed by atoms with Crippen molar-refractivity contribution in [2.75, 3.05) is 5.75 Å². The van der Waals surface area contributed by atoms with Crippen LogP contribution in [0.3, 0.4) is 0 Å². The highest BCUT2D eigenvalue weighted by Crippen LogP contribution is 2.35. The first-order valence-corrected chi connectivity index (χ1v) is 10.5. The molecule has 4 atom stereocenters. The summed E-state index contributed by atoms with van der Waals surface area (Å²) in [6.07, 6.45) is -2.85. The maximum absolute atomic E-state index is 11.7. The van der Waals surface area contributed by atoms with E-state index in [9.17, 15) is 19.2 Å². The molecular formula is C21H22O9S. The van der Waals surface area contributed by atoms with Crippen molar-refractivity contribution in [3.05, 3.63) is 40.2 Å². The maximum Gasteiger partial charge on any atom is 0.336 e. The molecule has 9 nitrogen and oxygen atoms in total. The molecule has 0 amide bonds. The van der Waals surface area contributed by atoms with Crippen molar-refractivity contribution in [2.45, 2.75) is 51.4 Å². The summed E-state index contributed by atoms with van der Waals surface area (Å²) in [6, 6.07) is 6.31. The van der Waals surface area contributed by atoms with Crippen LogP contribution in [0.4, 0.5) is 0 Å². The average Bonchev–Trinajstić information content (AvgIpc) is 2.65. The summed E-state index contributed by atoms with van der Waals surface area (Å²) in [7, 11) is 0. The highest BCUT2D eigenvalue weighted by molar-refractivity contribution is 7.99. The summed E-state index contributed by atoms with van der Waals surface area (Å²) in [5.41, 5.74) is -0.0548. The van der Waals surface area contributed by atoms with Gasteiger partial charge >= 0.3 is 23.5 Å². The number of rotatable bonds is 5. The van der Waals surface area contributed by atoms with Crippen LogP contribution in [0, 0.1) is 6.92 Å². The second-order valence-electron chi connectivity index (χ2n) is 7.02. The van der Waals surface area contributed by atoms with Gasteiger partial charge in [-0.15, -0.1) is 11.8 Å². The Morgan fingerprint density at radius 3 is 2.26 bits per heavy atom. The Bertz CT molecular complexity index is 1060. The fraction of sp³-hybridized carbons (Fsp3) is 0.429. The van der Waals surface area contributed by atoms with Crippen molar-refractivity contribution in [3.63, 3.8) is 0 Å². The first kappa shape index (κ1) is 22.7. The van der Waals surface area contributed by atoms with Gasteiger partial charge in [0.25, 0.3) is 0 Å². The molecule has 3 rings (SSSR count). The van der Waals surface area contributed by atoms with Gasteiger partial charge in [-0.05, 0) is 30.7 Å². The van der Waals surface area contributed by atoms with Crippen LogP contribution in [0.5, 0.6) is 5.75 Å². The highest BCUT2D eigenvalue weighted by Gasteiger charge is 2.47. The zero-order chi connectivity index (χ0) is 22.7. The van der Waals surface area contributed by atoms with E-state index < -0.39 is 47.3 Å². The SMILES string of the molecule is CC(=O)O[C@@H]1[C@@H](OC(C)=O)[C@H](OC(C)=O)CS[C@H]1Oc1ccc2oc(=O)cc(C)c2c1. The lowest BCUT2D eigenvalue weighted by molar-refractivity contribution is -0.186. The van der Waals surface area contributed by atoms with Crippen LogP contribution in [0.1, 0.15) is 26.3 Å². The number of esters is 3. The maximum atomic E-state index is 11.7. The van der Waals surface area contributed by atoms with Crippen LogP contribution in [0.2, 0.25) is 0 Å². The molecule has 1 saturated heterocycles. The third-order valence-electron chi connectivity index (χ3n) is 4.48. The second kappa shape index (κ2) is 9.42. The monoisotopic (exact) mass is 450 g/mol. The van der Waals surface area contributed by atoms with E-state index >= 15 is 0 Å². The van der Waals surface area contributed by atoms with Gasteiger partial charge in [0.15, 0.2) is 23.7 Å². The third-order valence-corrected chi connectivity index (χ3v) is 5.69. The van der Waals surface area contributed by atoms with E-state index in [1.165, 1.54) is 38.6 Å². The molecule has 0 saturated carbocycles. The molecule has 10 heteroatoms. The number of thioether (sulfide) groups is 1. The molecule has 1 fully saturated rings. The van der Waals surface area contributed by atoms with Gasteiger partial charge in [-0.2, -0.15) is 0 Å². The van der Waals surface area contributed by atoms with Crippen molar-refractivity contribution in [1.29, 1.82) is 0 Å². The topological polar surface area (TPSA) is 118 Å². The van der Waals surface area contributed by atoms with Crippen molar-refractivity contribution < 1.29 is 37.7 Å². The average molecular weight is 450 g/mol. The minimum absolute atomic E-state index is 0.265. The van der Waals surface area contributed by atoms with Gasteiger partial charge in [0.2, 0.25) is 0 Å². The molecule has 0 N–H and O–H groups in total. The second-order valence-corrected chi connectivity index (χ2v) is 8.15. The van der Waals surface area contributed by atoms with Crippen LogP contribution in [0.25, 0.3) is 11.0 Å². The number of hydrogen-bond acceptors (Lipinski definition) is 10. The number of carbonyl (C=O) groups is 3. The number of aryl methyl sites for hydroxylation is 1. The van der Waals surface area contributed by atoms with Gasteiger partial charge in [-0.1, -0.05) is 0 Å². The summed E-state index contributed by atoms with van der Waals surface area (Å²) in [5, 5.41) is 0.691. The summed E-state index contributed by atoms with van der Waals surface area (Å²) >= 11 is 1.26. The number of benzene rings is 1. The van der Waals surface area contributed by atoms with Gasteiger partial charge in [-0.25, -0.2) is 4.79 Å². The Morgan fingerprint density at radius 2 is 1.61 bits per heavy atom. The summed E-state index contributed by atoms with van der Waals surface area (Å²) < 4.78 is 27.3. The van der Waals surface area contributed by atoms with E-state index in [1.54, 1.807) is 25.1 Å². The van der Waals surface area contributed by atoms with E-state index in [1.807, 2.05) is 0 Å². The van der Waals surface area contributed by atoms with Gasteiger partial charge in [0, 0.05) is 38.0 Å². The van der Waals surface area contributed by atoms with Crippen LogP contribution in [-0.4, -0.2) is 47.4 Å². The third kappa shape index (κ3) is 5.57. The molecule has 1 aromatic carbocycles. The molecule has 2 aromatic rings. The van der Waals surface area contributed by atoms with E-state index in [-0.39, 0.29) is 5.75 Å². The molecule has 0 unspecified atom stereocenters. The predicted octanol–water partition coefficient (Wildman–Crippen LogP) is 2.35. The van der Waals surface area contributed by atoms with E-state index in [4.69, 9.17) is 23.4 Å². The van der Waals surface area contributed by atoms with E-state index in [0.29, 0.717) is 16.7 Å². The van der Waals surface area contributed by atoms with Gasteiger partial charge in [0.1, 0.15) is 11.3 Å². The molecule has 0 aliphatic carbocycles. The van der Waals surface area contributed by atoms with Crippen molar-refractivity contribution in [2.24, 2.45) is 0 Å². The minimum atomic E-state index is -1.03. The summed E-state index contributed by atoms with van der Waals surface area (Å²) in [6.45, 7) is 5.46. The molecule has 1 aromatic heterocycles. The number of carbonyl (C=O) groups excluding carboxylic acids is 3. The molecule has 2 heterocycles. The molecule has 31 heavy (non-hydrogen) atoms. The summed E-state index contributed by atoms with van der Waals surface area (Å²) in [5.74, 6) is -1.05. The fourth-order valence-corrected chi connectivity index (χ4v) is 4.53. The fourth-order valence-electron chi connectivity index (χ4n) is 3.32. The standard InChI is InChI=1S/C21H22O9S/c1-10-7-18(25)30-16-6-5-14(8-15(10)16)29-21-20(28-13(4)24)19(27-12(3)23)17(9-31-21)26-11(2)22/h5-8,17,19-21H,9H2,1-4H3/t17-,19+,20-,21-/m1/s1. The molecule has 0 radical (unpaired) electrons. The zero-order valence-electron chi connectivity index (χ0n) is 17.4. The number of fused-ring (bicyclic) bond motifs is 1. The molecule has 0 spiro atoms. The lowest BCUT2D eigenvalue weighted by Gasteiger charge is -2.39. The van der Waals surface area contributed by atoms with Gasteiger partial charge < -0.3 is 23.4 Å². The number of ether oxygens (including phenoxy) is 4. The predicted molar refractivity (Wildman–Crippen MR) is 111 cm³/mol. The molecule has 166 valence electrons. The van der Waals surface area contributed by atoms with Gasteiger partial charge in [-0.3, -0.25) is 14.4 Å². The highest BCUT2D eigenvalue weighted by atomic mass is 32.2. The Morgan fingerprint density at radius 1 is 0.968 bits per heavy atom. The largest absolute Gasteiger partial charge is 0.476 e. The van der Waals surface area contributed by atoms with Crippen LogP contribution in [-0.2, 0) is 28.6 Å². The summed E-state index contributed by atoms with van der Waals surface area (Å²) in [4.78, 5) is 46.4. The van der Waals surface area contributed by atoms with Gasteiger partial charge in [0.05, 0.1) is 0 Å². The minimum Gasteiger partial charge on any atom is -0.476 e. The quantitative estimate of drug-likeness (QED) is 0.381. The first-order chi connectivity index (χ1) is 14.6. The Balaban J connectivity index is 1.92. The molecule has 1 aliphatic heterocycles. The van der Waals surface area contributed by atoms with Crippen molar-refractivity contribution in [3.8, 4) is 5.75 Å². The molecule has 0 bridgehead atoms. The van der Waals surface area contributed by atoms with Crippen molar-refractivity contribution >= 4 is 40.6 Å². The number of hydrogen-bond donors (Lipinski definition) is 0. The van der Waals surface area contributed by atoms with E-state index in [0.717, 1.165) is 5.56 Å². The van der Waals surface area contributed by atoms with Crippen LogP contribution < -0.4 is 10.4 Å². The Kier molecular flexibility index (Phi) is 6.89. The Hall–Kier alpha value is -3.01. The lowest BCUT2D eigenvalue weighted by Crippen LogP contribution is -2.55. The van der Waals surface area contributed by atoms with Crippen molar-refractivity contribution in [1.82, 2.24) is 0 Å². The van der Waals surface area contributed by atoms with Crippen LogP contribution in [0.15, 0.2) is 33.5 Å². The van der Waals surface area contributed by atoms with Crippen LogP contribution >= 0.6 is 11.8 Å². The first-order valence-electron chi connectivity index (χ1n) is 9.48. The van der Waals surface area contributed by atoms with E-state index in [2.05, 4.69) is 0 Å². The normalized spacial score (nSPS) is 23.1. The molecule has 1 aliphatic rings. The lowest BCUT2D eigenvalue weighted by atomic mass is 10.1. The zero-order valence-corrected chi connectivity index (χ0v) is 18.2.